The molecule has 0 bridgehead atoms. The summed E-state index contributed by atoms with van der Waals surface area (Å²) in [6.07, 6.45) is 1.05. The minimum absolute atomic E-state index is 0.0354. The fourth-order valence-corrected chi connectivity index (χ4v) is 5.46. The highest BCUT2D eigenvalue weighted by atomic mass is 16.5. The standard InChI is InChI=1S/C33H33NO5/c1-4-38-33(36)30-21(2)34-28-18-25(23-10-14-26(37-3)15-11-23)19-29(35)32(28)31(30)24-12-16-27(17-13-24)39-20-22-8-6-5-7-9-22/h5-17,25,31,34H,4,18-20H2,1-3H3. The van der Waals surface area contributed by atoms with Crippen LogP contribution < -0.4 is 14.8 Å². The summed E-state index contributed by atoms with van der Waals surface area (Å²) in [4.78, 5) is 26.9. The maximum absolute atomic E-state index is 13.8. The van der Waals surface area contributed by atoms with Crippen LogP contribution in [0.1, 0.15) is 55.2 Å². The zero-order chi connectivity index (χ0) is 27.4. The Labute approximate surface area is 229 Å². The summed E-state index contributed by atoms with van der Waals surface area (Å²) in [6, 6.07) is 25.5. The lowest BCUT2D eigenvalue weighted by atomic mass is 9.71. The summed E-state index contributed by atoms with van der Waals surface area (Å²) < 4.78 is 16.7. The molecule has 0 saturated carbocycles. The number of Topliss-reactive ketones (excluding diaryl/α,β-unsaturated/α-hetero) is 1. The van der Waals surface area contributed by atoms with E-state index in [-0.39, 0.29) is 18.3 Å². The van der Waals surface area contributed by atoms with Crippen LogP contribution in [0.15, 0.2) is 101 Å². The van der Waals surface area contributed by atoms with Crippen LogP contribution in [-0.4, -0.2) is 25.5 Å². The quantitative estimate of drug-likeness (QED) is 0.355. The molecule has 1 aliphatic heterocycles. The molecule has 200 valence electrons. The van der Waals surface area contributed by atoms with E-state index in [1.807, 2.05) is 85.8 Å². The number of ether oxygens (including phenoxy) is 3. The number of carbonyl (C=O) groups is 2. The van der Waals surface area contributed by atoms with Gasteiger partial charge < -0.3 is 19.5 Å². The van der Waals surface area contributed by atoms with Crippen LogP contribution in [0, 0.1) is 0 Å². The number of benzene rings is 3. The van der Waals surface area contributed by atoms with Crippen molar-refractivity contribution < 1.29 is 23.8 Å². The highest BCUT2D eigenvalue weighted by Crippen LogP contribution is 2.46. The molecule has 3 aromatic carbocycles. The number of rotatable bonds is 8. The predicted octanol–water partition coefficient (Wildman–Crippen LogP) is 6.20. The largest absolute Gasteiger partial charge is 0.497 e. The number of carbonyl (C=O) groups excluding carboxylic acids is 2. The van der Waals surface area contributed by atoms with E-state index >= 15 is 0 Å². The van der Waals surface area contributed by atoms with Crippen LogP contribution in [-0.2, 0) is 20.9 Å². The molecule has 0 saturated heterocycles. The highest BCUT2D eigenvalue weighted by molar-refractivity contribution is 6.04. The fourth-order valence-electron chi connectivity index (χ4n) is 5.46. The summed E-state index contributed by atoms with van der Waals surface area (Å²) in [7, 11) is 1.64. The first-order valence-corrected chi connectivity index (χ1v) is 13.3. The van der Waals surface area contributed by atoms with E-state index in [9.17, 15) is 9.59 Å². The van der Waals surface area contributed by atoms with Gasteiger partial charge >= 0.3 is 5.97 Å². The third-order valence-electron chi connectivity index (χ3n) is 7.37. The minimum atomic E-state index is -0.507. The zero-order valence-electron chi connectivity index (χ0n) is 22.5. The van der Waals surface area contributed by atoms with Crippen molar-refractivity contribution in [3.8, 4) is 11.5 Å². The van der Waals surface area contributed by atoms with Crippen LogP contribution in [0.2, 0.25) is 0 Å². The Hall–Kier alpha value is -4.32. The summed E-state index contributed by atoms with van der Waals surface area (Å²) in [6.45, 7) is 4.38. The SMILES string of the molecule is CCOC(=O)C1=C(C)NC2=C(C(=O)CC(c3ccc(OC)cc3)C2)C1c1ccc(OCc2ccccc2)cc1. The number of dihydropyridines is 1. The number of hydrogen-bond donors (Lipinski definition) is 1. The first-order chi connectivity index (χ1) is 19.0. The van der Waals surface area contributed by atoms with Gasteiger partial charge in [0.25, 0.3) is 0 Å². The molecule has 6 nitrogen and oxygen atoms in total. The zero-order valence-corrected chi connectivity index (χ0v) is 22.5. The molecule has 1 aliphatic carbocycles. The van der Waals surface area contributed by atoms with E-state index in [2.05, 4.69) is 5.32 Å². The Morgan fingerprint density at radius 2 is 1.56 bits per heavy atom. The Kier molecular flexibility index (Phi) is 7.82. The van der Waals surface area contributed by atoms with Crippen LogP contribution in [0.25, 0.3) is 0 Å². The number of allylic oxidation sites excluding steroid dienone is 3. The van der Waals surface area contributed by atoms with Gasteiger partial charge in [-0.15, -0.1) is 0 Å². The molecule has 2 atom stereocenters. The lowest BCUT2D eigenvalue weighted by Gasteiger charge is -2.36. The summed E-state index contributed by atoms with van der Waals surface area (Å²) in [5.41, 5.74) is 5.73. The average Bonchev–Trinajstić information content (AvgIpc) is 2.96. The van der Waals surface area contributed by atoms with Crippen molar-refractivity contribution in [1.82, 2.24) is 5.32 Å². The lowest BCUT2D eigenvalue weighted by Crippen LogP contribution is -2.36. The number of hydrogen-bond acceptors (Lipinski definition) is 6. The van der Waals surface area contributed by atoms with Gasteiger partial charge in [-0.3, -0.25) is 4.79 Å². The Morgan fingerprint density at radius 3 is 2.23 bits per heavy atom. The monoisotopic (exact) mass is 523 g/mol. The van der Waals surface area contributed by atoms with Crippen LogP contribution >= 0.6 is 0 Å². The number of ketones is 1. The molecule has 0 fully saturated rings. The normalized spacial score (nSPS) is 18.8. The fraction of sp³-hybridized carbons (Fsp3) is 0.273. The molecule has 2 aliphatic rings. The van der Waals surface area contributed by atoms with Gasteiger partial charge in [-0.2, -0.15) is 0 Å². The maximum atomic E-state index is 13.8. The Morgan fingerprint density at radius 1 is 0.897 bits per heavy atom. The minimum Gasteiger partial charge on any atom is -0.497 e. The molecule has 2 unspecified atom stereocenters. The third-order valence-corrected chi connectivity index (χ3v) is 7.37. The maximum Gasteiger partial charge on any atom is 0.336 e. The molecule has 0 amide bonds. The summed E-state index contributed by atoms with van der Waals surface area (Å²) in [5, 5.41) is 3.40. The van der Waals surface area contributed by atoms with Gasteiger partial charge in [0.2, 0.25) is 0 Å². The molecule has 3 aromatic rings. The Balaban J connectivity index is 1.46. The average molecular weight is 524 g/mol. The van der Waals surface area contributed by atoms with E-state index in [1.165, 1.54) is 0 Å². The van der Waals surface area contributed by atoms with Crippen molar-refractivity contribution in [1.29, 1.82) is 0 Å². The van der Waals surface area contributed by atoms with Gasteiger partial charge in [-0.1, -0.05) is 54.6 Å². The molecule has 0 aromatic heterocycles. The lowest BCUT2D eigenvalue weighted by molar-refractivity contribution is -0.138. The molecule has 6 heteroatoms. The van der Waals surface area contributed by atoms with E-state index in [0.29, 0.717) is 36.3 Å². The Bertz CT molecular complexity index is 1400. The second kappa shape index (κ2) is 11.6. The topological polar surface area (TPSA) is 73.9 Å². The van der Waals surface area contributed by atoms with E-state index in [4.69, 9.17) is 14.2 Å². The van der Waals surface area contributed by atoms with Gasteiger partial charge in [0, 0.05) is 29.3 Å². The third kappa shape index (κ3) is 5.60. The van der Waals surface area contributed by atoms with Gasteiger partial charge in [-0.25, -0.2) is 4.79 Å². The van der Waals surface area contributed by atoms with Gasteiger partial charge in [0.15, 0.2) is 5.78 Å². The summed E-state index contributed by atoms with van der Waals surface area (Å²) in [5.74, 6) is 0.667. The summed E-state index contributed by atoms with van der Waals surface area (Å²) >= 11 is 0. The van der Waals surface area contributed by atoms with Crippen molar-refractivity contribution in [2.24, 2.45) is 0 Å². The molecule has 1 heterocycles. The van der Waals surface area contributed by atoms with Crippen molar-refractivity contribution in [3.05, 3.63) is 118 Å². The van der Waals surface area contributed by atoms with Crippen molar-refractivity contribution in [2.75, 3.05) is 13.7 Å². The van der Waals surface area contributed by atoms with Crippen molar-refractivity contribution in [2.45, 2.75) is 45.1 Å². The van der Waals surface area contributed by atoms with Crippen LogP contribution in [0.5, 0.6) is 11.5 Å². The van der Waals surface area contributed by atoms with Gasteiger partial charge in [0.1, 0.15) is 18.1 Å². The molecular weight excluding hydrogens is 490 g/mol. The molecular formula is C33H33NO5. The number of esters is 1. The van der Waals surface area contributed by atoms with Gasteiger partial charge in [0.05, 0.1) is 19.3 Å². The first-order valence-electron chi connectivity index (χ1n) is 13.3. The number of nitrogens with one attached hydrogen (secondary N) is 1. The molecule has 0 spiro atoms. The molecule has 39 heavy (non-hydrogen) atoms. The van der Waals surface area contributed by atoms with E-state index in [1.54, 1.807) is 14.0 Å². The smallest absolute Gasteiger partial charge is 0.336 e. The molecule has 0 radical (unpaired) electrons. The van der Waals surface area contributed by atoms with Crippen molar-refractivity contribution in [3.63, 3.8) is 0 Å². The second-order valence-corrected chi connectivity index (χ2v) is 9.85. The van der Waals surface area contributed by atoms with E-state index in [0.717, 1.165) is 33.9 Å². The molecule has 5 rings (SSSR count). The highest BCUT2D eigenvalue weighted by Gasteiger charge is 2.41. The van der Waals surface area contributed by atoms with Crippen molar-refractivity contribution >= 4 is 11.8 Å². The van der Waals surface area contributed by atoms with E-state index < -0.39 is 11.9 Å². The first kappa shape index (κ1) is 26.3. The molecule has 1 N–H and O–H groups in total. The number of methoxy groups -OCH3 is 1. The van der Waals surface area contributed by atoms with Crippen LogP contribution in [0.3, 0.4) is 0 Å². The van der Waals surface area contributed by atoms with Gasteiger partial charge in [-0.05, 0) is 67.1 Å². The van der Waals surface area contributed by atoms with Crippen LogP contribution in [0.4, 0.5) is 0 Å². The second-order valence-electron chi connectivity index (χ2n) is 9.85. The predicted molar refractivity (Wildman–Crippen MR) is 149 cm³/mol.